The van der Waals surface area contributed by atoms with Crippen molar-refractivity contribution in [3.05, 3.63) is 71.4 Å². The van der Waals surface area contributed by atoms with Crippen molar-refractivity contribution in [1.29, 1.82) is 0 Å². The molecule has 3 aromatic rings. The number of carbonyl (C=O) groups excluding carboxylic acids is 2. The number of H-pyrrole nitrogens is 1. The number of hydrogen-bond donors (Lipinski definition) is 2. The molecule has 0 fully saturated rings. The van der Waals surface area contributed by atoms with Gasteiger partial charge in [-0.1, -0.05) is 56.3 Å². The Morgan fingerprint density at radius 2 is 1.89 bits per heavy atom. The molecule has 7 heteroatoms. The summed E-state index contributed by atoms with van der Waals surface area (Å²) in [5.74, 6) is -1.44. The second-order valence-electron chi connectivity index (χ2n) is 9.36. The molecule has 1 unspecified atom stereocenters. The predicted octanol–water partition coefficient (Wildman–Crippen LogP) is 5.25. The summed E-state index contributed by atoms with van der Waals surface area (Å²) < 4.78 is 0. The first-order valence-electron chi connectivity index (χ1n) is 12.0. The summed E-state index contributed by atoms with van der Waals surface area (Å²) in [6, 6.07) is 13.4. The zero-order chi connectivity index (χ0) is 25.1. The van der Waals surface area contributed by atoms with Gasteiger partial charge in [0.1, 0.15) is 0 Å². The van der Waals surface area contributed by atoms with Gasteiger partial charge in [-0.3, -0.25) is 19.3 Å². The minimum absolute atomic E-state index is 0.0296. The summed E-state index contributed by atoms with van der Waals surface area (Å²) in [5.41, 5.74) is 3.84. The number of anilines is 1. The van der Waals surface area contributed by atoms with Crippen molar-refractivity contribution in [3.8, 4) is 0 Å². The van der Waals surface area contributed by atoms with Crippen LogP contribution in [0.2, 0.25) is 0 Å². The van der Waals surface area contributed by atoms with Crippen LogP contribution in [0.4, 0.5) is 5.69 Å². The van der Waals surface area contributed by atoms with Gasteiger partial charge in [-0.2, -0.15) is 0 Å². The standard InChI is InChI=1S/C28H31N3O4/c1-18(2)8-6-9-20-10-7-13-24-27(20)28(35)30(15-14-26(33)34)25(32)17-31(24)19(3)22-16-29-23-12-5-4-11-21(22)23/h4-7,9-13,16,18-19,29H,8,14-15,17H2,1-3H3,(H,33,34). The van der Waals surface area contributed by atoms with Gasteiger partial charge in [0.05, 0.1) is 30.3 Å². The molecule has 0 aliphatic carbocycles. The third kappa shape index (κ3) is 4.99. The fourth-order valence-corrected chi connectivity index (χ4v) is 4.59. The number of carboxylic acid groups (broad SMARTS) is 1. The molecule has 0 saturated carbocycles. The Morgan fingerprint density at radius 3 is 2.63 bits per heavy atom. The van der Waals surface area contributed by atoms with E-state index < -0.39 is 17.8 Å². The van der Waals surface area contributed by atoms with Crippen molar-refractivity contribution in [2.24, 2.45) is 5.92 Å². The number of benzene rings is 2. The molecule has 1 aliphatic heterocycles. The number of allylic oxidation sites excluding steroid dienone is 1. The zero-order valence-electron chi connectivity index (χ0n) is 20.3. The number of carbonyl (C=O) groups is 3. The van der Waals surface area contributed by atoms with E-state index in [0.29, 0.717) is 17.2 Å². The van der Waals surface area contributed by atoms with E-state index in [-0.39, 0.29) is 25.6 Å². The molecular formula is C28H31N3O4. The van der Waals surface area contributed by atoms with Gasteiger partial charge in [-0.05, 0) is 42.5 Å². The van der Waals surface area contributed by atoms with Gasteiger partial charge in [0, 0.05) is 23.6 Å². The smallest absolute Gasteiger partial charge is 0.305 e. The number of nitrogens with zero attached hydrogens (tertiary/aromatic N) is 2. The Hall–Kier alpha value is -3.87. The fourth-order valence-electron chi connectivity index (χ4n) is 4.59. The van der Waals surface area contributed by atoms with Crippen molar-refractivity contribution in [1.82, 2.24) is 9.88 Å². The van der Waals surface area contributed by atoms with Crippen LogP contribution in [0, 0.1) is 5.92 Å². The van der Waals surface area contributed by atoms with Crippen LogP contribution in [0.1, 0.15) is 61.1 Å². The number of aliphatic carboxylic acids is 1. The fraction of sp³-hybridized carbons (Fsp3) is 0.321. The molecular weight excluding hydrogens is 442 g/mol. The topological polar surface area (TPSA) is 93.7 Å². The summed E-state index contributed by atoms with van der Waals surface area (Å²) >= 11 is 0. The lowest BCUT2D eigenvalue weighted by molar-refractivity contribution is -0.137. The van der Waals surface area contributed by atoms with Gasteiger partial charge in [-0.15, -0.1) is 0 Å². The lowest BCUT2D eigenvalue weighted by Gasteiger charge is -2.30. The van der Waals surface area contributed by atoms with Crippen molar-refractivity contribution >= 4 is 40.4 Å². The molecule has 2 N–H and O–H groups in total. The third-order valence-electron chi connectivity index (χ3n) is 6.44. The lowest BCUT2D eigenvalue weighted by atomic mass is 9.99. The molecule has 2 aromatic carbocycles. The molecule has 4 rings (SSSR count). The van der Waals surface area contributed by atoms with Crippen LogP contribution < -0.4 is 4.90 Å². The Morgan fingerprint density at radius 1 is 1.11 bits per heavy atom. The first-order valence-corrected chi connectivity index (χ1v) is 12.0. The van der Waals surface area contributed by atoms with E-state index in [9.17, 15) is 19.5 Å². The van der Waals surface area contributed by atoms with Crippen LogP contribution in [0.25, 0.3) is 17.0 Å². The monoisotopic (exact) mass is 473 g/mol. The lowest BCUT2D eigenvalue weighted by Crippen LogP contribution is -2.42. The summed E-state index contributed by atoms with van der Waals surface area (Å²) in [6.07, 6.45) is 6.47. The van der Waals surface area contributed by atoms with Crippen LogP contribution in [0.15, 0.2) is 54.7 Å². The van der Waals surface area contributed by atoms with E-state index in [2.05, 4.69) is 18.8 Å². The minimum atomic E-state index is -1.05. The Bertz CT molecular complexity index is 1290. The maximum absolute atomic E-state index is 13.7. The molecule has 1 aromatic heterocycles. The van der Waals surface area contributed by atoms with Crippen molar-refractivity contribution < 1.29 is 19.5 Å². The number of hydrogen-bond acceptors (Lipinski definition) is 4. The quantitative estimate of drug-likeness (QED) is 0.436. The number of amides is 2. The summed E-state index contributed by atoms with van der Waals surface area (Å²) in [5, 5.41) is 10.3. The van der Waals surface area contributed by atoms with Crippen molar-refractivity contribution in [3.63, 3.8) is 0 Å². The molecule has 35 heavy (non-hydrogen) atoms. The maximum Gasteiger partial charge on any atom is 0.305 e. The first kappa shape index (κ1) is 24.3. The average Bonchev–Trinajstić information content (AvgIpc) is 3.21. The van der Waals surface area contributed by atoms with E-state index in [1.165, 1.54) is 0 Å². The molecule has 7 nitrogen and oxygen atoms in total. The van der Waals surface area contributed by atoms with Gasteiger partial charge < -0.3 is 15.0 Å². The molecule has 1 aliphatic rings. The molecule has 182 valence electrons. The van der Waals surface area contributed by atoms with Crippen LogP contribution in [-0.2, 0) is 9.59 Å². The summed E-state index contributed by atoms with van der Waals surface area (Å²) in [4.78, 5) is 44.6. The van der Waals surface area contributed by atoms with E-state index in [4.69, 9.17) is 0 Å². The number of para-hydroxylation sites is 1. The van der Waals surface area contributed by atoms with Gasteiger partial charge in [-0.25, -0.2) is 0 Å². The number of fused-ring (bicyclic) bond motifs is 2. The van der Waals surface area contributed by atoms with Gasteiger partial charge in [0.25, 0.3) is 5.91 Å². The average molecular weight is 474 g/mol. The Balaban J connectivity index is 1.82. The summed E-state index contributed by atoms with van der Waals surface area (Å²) in [6.45, 7) is 6.07. The van der Waals surface area contributed by atoms with Crippen LogP contribution in [0.5, 0.6) is 0 Å². The SMILES string of the molecule is CC(C)CC=Cc1cccc2c1C(=O)N(CCC(=O)O)C(=O)CN2C(C)c1c[nH]c2ccccc12. The number of aromatic amines is 1. The normalized spacial score (nSPS) is 15.2. The number of imide groups is 1. The van der Waals surface area contributed by atoms with Crippen LogP contribution in [-0.4, -0.2) is 45.9 Å². The van der Waals surface area contributed by atoms with Gasteiger partial charge in [0.15, 0.2) is 0 Å². The maximum atomic E-state index is 13.7. The highest BCUT2D eigenvalue weighted by molar-refractivity contribution is 6.13. The Kier molecular flexibility index (Phi) is 7.05. The van der Waals surface area contributed by atoms with Crippen molar-refractivity contribution in [2.75, 3.05) is 18.0 Å². The first-order chi connectivity index (χ1) is 16.8. The van der Waals surface area contributed by atoms with E-state index in [1.54, 1.807) is 0 Å². The highest BCUT2D eigenvalue weighted by Gasteiger charge is 2.36. The second-order valence-corrected chi connectivity index (χ2v) is 9.36. The highest BCUT2D eigenvalue weighted by Crippen LogP contribution is 2.37. The number of aromatic nitrogens is 1. The molecule has 1 atom stereocenters. The van der Waals surface area contributed by atoms with E-state index >= 15 is 0 Å². The predicted molar refractivity (Wildman–Crippen MR) is 137 cm³/mol. The van der Waals surface area contributed by atoms with Crippen LogP contribution >= 0.6 is 0 Å². The Labute approximate surface area is 205 Å². The number of rotatable bonds is 8. The number of carboxylic acids is 1. The zero-order valence-corrected chi connectivity index (χ0v) is 20.3. The molecule has 2 amide bonds. The molecule has 0 bridgehead atoms. The summed E-state index contributed by atoms with van der Waals surface area (Å²) in [7, 11) is 0. The third-order valence-corrected chi connectivity index (χ3v) is 6.44. The van der Waals surface area contributed by atoms with Gasteiger partial charge in [0.2, 0.25) is 5.91 Å². The minimum Gasteiger partial charge on any atom is -0.481 e. The largest absolute Gasteiger partial charge is 0.481 e. The van der Waals surface area contributed by atoms with Gasteiger partial charge >= 0.3 is 5.97 Å². The molecule has 0 radical (unpaired) electrons. The molecule has 0 saturated heterocycles. The second kappa shape index (κ2) is 10.2. The highest BCUT2D eigenvalue weighted by atomic mass is 16.4. The number of nitrogens with one attached hydrogen (secondary N) is 1. The van der Waals surface area contributed by atoms with E-state index in [0.717, 1.165) is 33.4 Å². The molecule has 2 heterocycles. The van der Waals surface area contributed by atoms with E-state index in [1.807, 2.05) is 72.6 Å². The molecule has 0 spiro atoms. The van der Waals surface area contributed by atoms with Crippen LogP contribution in [0.3, 0.4) is 0 Å². The van der Waals surface area contributed by atoms with Crippen molar-refractivity contribution in [2.45, 2.75) is 39.7 Å².